The molecule has 3 aliphatic heterocycles. The van der Waals surface area contributed by atoms with Crippen LogP contribution in [0.15, 0.2) is 62.8 Å². The van der Waals surface area contributed by atoms with Crippen molar-refractivity contribution in [3.63, 3.8) is 0 Å². The molecule has 3 aliphatic rings. The predicted molar refractivity (Wildman–Crippen MR) is 133 cm³/mol. The number of sulfonamides is 1. The van der Waals surface area contributed by atoms with Gasteiger partial charge in [-0.15, -0.1) is 4.40 Å². The van der Waals surface area contributed by atoms with Gasteiger partial charge in [-0.1, -0.05) is 48.5 Å². The highest BCUT2D eigenvalue weighted by Gasteiger charge is 2.34. The number of benzene rings is 2. The van der Waals surface area contributed by atoms with E-state index in [0.717, 1.165) is 37.1 Å². The number of carbonyl (C=O) groups excluding carboxylic acids is 1. The van der Waals surface area contributed by atoms with Crippen LogP contribution in [-0.4, -0.2) is 49.1 Å². The molecule has 0 unspecified atom stereocenters. The molecule has 0 radical (unpaired) electrons. The molecule has 2 fully saturated rings. The van der Waals surface area contributed by atoms with Gasteiger partial charge in [0, 0.05) is 30.8 Å². The summed E-state index contributed by atoms with van der Waals surface area (Å²) in [7, 11) is -3.84. The molecule has 2 aromatic carbocycles. The Morgan fingerprint density at radius 1 is 1.09 bits per heavy atom. The molecule has 3 heterocycles. The maximum absolute atomic E-state index is 13.4. The normalized spacial score (nSPS) is 21.7. The van der Waals surface area contributed by atoms with E-state index in [4.69, 9.17) is 4.99 Å². The summed E-state index contributed by atoms with van der Waals surface area (Å²) in [6.07, 6.45) is 3.64. The van der Waals surface area contributed by atoms with Crippen LogP contribution in [0.4, 0.5) is 5.69 Å². The van der Waals surface area contributed by atoms with Crippen LogP contribution in [0.1, 0.15) is 54.6 Å². The number of thioether (sulfide) groups is 1. The molecule has 2 saturated heterocycles. The second-order valence-electron chi connectivity index (χ2n) is 8.43. The second kappa shape index (κ2) is 8.95. The summed E-state index contributed by atoms with van der Waals surface area (Å²) in [6, 6.07) is 14.8. The molecule has 0 N–H and O–H groups in total. The average Bonchev–Trinajstić information content (AvgIpc) is 3.15. The highest BCUT2D eigenvalue weighted by Crippen LogP contribution is 2.35. The van der Waals surface area contributed by atoms with E-state index in [1.165, 1.54) is 6.07 Å². The number of amides is 1. The van der Waals surface area contributed by atoms with Gasteiger partial charge < -0.3 is 4.90 Å². The Morgan fingerprint density at radius 3 is 2.73 bits per heavy atom. The van der Waals surface area contributed by atoms with Crippen LogP contribution in [0.5, 0.6) is 0 Å². The first-order valence-corrected chi connectivity index (χ1v) is 13.7. The van der Waals surface area contributed by atoms with Crippen LogP contribution in [0, 0.1) is 0 Å². The largest absolute Gasteiger partial charge is 0.328 e. The topological polar surface area (TPSA) is 82.4 Å². The molecule has 0 aliphatic carbocycles. The van der Waals surface area contributed by atoms with Crippen LogP contribution in [0.2, 0.25) is 0 Å². The van der Waals surface area contributed by atoms with Gasteiger partial charge in [0.05, 0.1) is 11.7 Å². The van der Waals surface area contributed by atoms with Crippen molar-refractivity contribution < 1.29 is 13.2 Å². The van der Waals surface area contributed by atoms with E-state index in [1.807, 2.05) is 42.2 Å². The van der Waals surface area contributed by atoms with Crippen molar-refractivity contribution in [1.82, 2.24) is 4.90 Å². The van der Waals surface area contributed by atoms with Crippen molar-refractivity contribution in [1.29, 1.82) is 0 Å². The minimum absolute atomic E-state index is 0.0817. The first-order valence-electron chi connectivity index (χ1n) is 11.3. The summed E-state index contributed by atoms with van der Waals surface area (Å²) in [6.45, 7) is 3.29. The molecular formula is C24H26N4O3S2. The summed E-state index contributed by atoms with van der Waals surface area (Å²) in [5.41, 5.74) is 2.05. The Labute approximate surface area is 198 Å². The van der Waals surface area contributed by atoms with Gasteiger partial charge in [0.25, 0.3) is 15.9 Å². The van der Waals surface area contributed by atoms with E-state index in [0.29, 0.717) is 35.2 Å². The predicted octanol–water partition coefficient (Wildman–Crippen LogP) is 4.47. The number of anilines is 1. The summed E-state index contributed by atoms with van der Waals surface area (Å²) < 4.78 is 30.0. The Morgan fingerprint density at radius 2 is 1.91 bits per heavy atom. The first-order chi connectivity index (χ1) is 15.9. The fraction of sp³-hybridized carbons (Fsp3) is 0.375. The lowest BCUT2D eigenvalue weighted by molar-refractivity contribution is 0.0859. The van der Waals surface area contributed by atoms with Gasteiger partial charge in [0.2, 0.25) is 0 Å². The number of carbonyl (C=O) groups is 1. The molecule has 1 amide bonds. The number of nitrogens with zero attached hydrogens (tertiary/aromatic N) is 4. The molecule has 0 aromatic heterocycles. The van der Waals surface area contributed by atoms with Crippen LogP contribution < -0.4 is 4.90 Å². The van der Waals surface area contributed by atoms with Crippen molar-refractivity contribution in [3.8, 4) is 0 Å². The molecule has 0 bridgehead atoms. The van der Waals surface area contributed by atoms with Gasteiger partial charge in [-0.3, -0.25) is 14.7 Å². The number of aliphatic imine (C=N–C) groups is 1. The smallest absolute Gasteiger partial charge is 0.286 e. The minimum Gasteiger partial charge on any atom is -0.328 e. The molecule has 0 saturated carbocycles. The van der Waals surface area contributed by atoms with Gasteiger partial charge in [-0.25, -0.2) is 0 Å². The van der Waals surface area contributed by atoms with Crippen molar-refractivity contribution >= 4 is 44.4 Å². The van der Waals surface area contributed by atoms with Crippen molar-refractivity contribution in [2.45, 2.75) is 43.5 Å². The highest BCUT2D eigenvalue weighted by molar-refractivity contribution is 8.14. The van der Waals surface area contributed by atoms with Gasteiger partial charge in [-0.05, 0) is 43.5 Å². The van der Waals surface area contributed by atoms with E-state index in [-0.39, 0.29) is 16.8 Å². The van der Waals surface area contributed by atoms with Crippen LogP contribution in [0.3, 0.4) is 0 Å². The van der Waals surface area contributed by atoms with E-state index < -0.39 is 10.0 Å². The van der Waals surface area contributed by atoms with Gasteiger partial charge in [0.1, 0.15) is 10.7 Å². The molecule has 172 valence electrons. The summed E-state index contributed by atoms with van der Waals surface area (Å²) in [5, 5.41) is 0.671. The van der Waals surface area contributed by atoms with Gasteiger partial charge in [0.15, 0.2) is 5.17 Å². The number of amidine groups is 2. The van der Waals surface area contributed by atoms with Crippen molar-refractivity contribution in [3.05, 3.63) is 59.7 Å². The van der Waals surface area contributed by atoms with E-state index >= 15 is 0 Å². The third-order valence-electron chi connectivity index (χ3n) is 6.20. The van der Waals surface area contributed by atoms with E-state index in [9.17, 15) is 13.2 Å². The maximum Gasteiger partial charge on any atom is 0.286 e. The Hall–Kier alpha value is -2.65. The molecule has 1 atom stereocenters. The lowest BCUT2D eigenvalue weighted by Crippen LogP contribution is -2.36. The first kappa shape index (κ1) is 22.2. The second-order valence-corrected chi connectivity index (χ2v) is 11.1. The third kappa shape index (κ3) is 4.31. The maximum atomic E-state index is 13.4. The number of hydrogen-bond acceptors (Lipinski definition) is 6. The zero-order valence-electron chi connectivity index (χ0n) is 18.5. The Balaban J connectivity index is 1.45. The van der Waals surface area contributed by atoms with Crippen molar-refractivity contribution in [2.24, 2.45) is 9.39 Å². The van der Waals surface area contributed by atoms with Crippen molar-refractivity contribution in [2.75, 3.05) is 23.7 Å². The summed E-state index contributed by atoms with van der Waals surface area (Å²) in [5.74, 6) is 1.14. The molecule has 33 heavy (non-hydrogen) atoms. The molecule has 2 aromatic rings. The van der Waals surface area contributed by atoms with E-state index in [2.05, 4.69) is 4.40 Å². The van der Waals surface area contributed by atoms with Crippen LogP contribution in [-0.2, 0) is 10.0 Å². The average molecular weight is 483 g/mol. The van der Waals surface area contributed by atoms with Gasteiger partial charge >= 0.3 is 0 Å². The highest BCUT2D eigenvalue weighted by atomic mass is 32.2. The lowest BCUT2D eigenvalue weighted by Gasteiger charge is -2.30. The van der Waals surface area contributed by atoms with Crippen LogP contribution >= 0.6 is 11.8 Å². The third-order valence-corrected chi connectivity index (χ3v) is 8.51. The quantitative estimate of drug-likeness (QED) is 0.644. The minimum atomic E-state index is -3.84. The SMILES string of the molecule is C[C@H](N=C1SCCN1C(=O)c1ccc2c(c1)S(=O)(=O)N=C1CCCCCN12)c1ccccc1. The fourth-order valence-electron chi connectivity index (χ4n) is 4.44. The molecule has 5 rings (SSSR count). The number of fused-ring (bicyclic) bond motifs is 3. The molecule has 7 nitrogen and oxygen atoms in total. The standard InChI is InChI=1S/C24H26N4O3S2/c1-17(18-8-4-2-5-9-18)25-24-28(14-15-32-24)23(29)19-11-12-20-21(16-19)33(30,31)26-22-10-6-3-7-13-27(20)22/h2,4-5,8-9,11-12,16-17H,3,6-7,10,13-15H2,1H3/t17-/m0/s1. The monoisotopic (exact) mass is 482 g/mol. The Kier molecular flexibility index (Phi) is 6.01. The summed E-state index contributed by atoms with van der Waals surface area (Å²) >= 11 is 1.55. The lowest BCUT2D eigenvalue weighted by atomic mass is 10.1. The Bertz CT molecular complexity index is 1240. The summed E-state index contributed by atoms with van der Waals surface area (Å²) in [4.78, 5) is 22.0. The molecular weight excluding hydrogens is 456 g/mol. The molecule has 0 spiro atoms. The number of rotatable bonds is 3. The zero-order chi connectivity index (χ0) is 23.0. The van der Waals surface area contributed by atoms with Crippen LogP contribution in [0.25, 0.3) is 0 Å². The van der Waals surface area contributed by atoms with E-state index in [1.54, 1.807) is 28.8 Å². The van der Waals surface area contributed by atoms with Gasteiger partial charge in [-0.2, -0.15) is 8.42 Å². The zero-order valence-corrected chi connectivity index (χ0v) is 20.1. The number of hydrogen-bond donors (Lipinski definition) is 0. The fourth-order valence-corrected chi connectivity index (χ4v) is 6.74. The molecule has 9 heteroatoms.